The van der Waals surface area contributed by atoms with Gasteiger partial charge in [0.15, 0.2) is 23.2 Å². The molecule has 26 heavy (non-hydrogen) atoms. The molecular weight excluding hydrogens is 378 g/mol. The lowest BCUT2D eigenvalue weighted by Gasteiger charge is -2.15. The number of primary amides is 1. The van der Waals surface area contributed by atoms with Crippen molar-refractivity contribution in [1.29, 1.82) is 0 Å². The Labute approximate surface area is 159 Å². The summed E-state index contributed by atoms with van der Waals surface area (Å²) < 4.78 is 16.9. The number of anilines is 1. The number of aromatic nitrogens is 1. The maximum absolute atomic E-state index is 12.6. The van der Waals surface area contributed by atoms with Crippen LogP contribution in [0.4, 0.5) is 5.13 Å². The molecule has 0 fully saturated rings. The molecule has 0 aliphatic carbocycles. The number of methoxy groups -OCH3 is 2. The second kappa shape index (κ2) is 8.77. The molecule has 140 valence electrons. The van der Waals surface area contributed by atoms with Crippen molar-refractivity contribution in [2.24, 2.45) is 5.73 Å². The number of nitrogens with one attached hydrogen (secondary N) is 1. The van der Waals surface area contributed by atoms with Gasteiger partial charge in [0.1, 0.15) is 0 Å². The number of benzene rings is 1. The highest BCUT2D eigenvalue weighted by molar-refractivity contribution is 8.00. The first-order valence-corrected chi connectivity index (χ1v) is 9.43. The van der Waals surface area contributed by atoms with E-state index in [0.29, 0.717) is 10.7 Å². The molecule has 0 aliphatic rings. The number of ether oxygens (including phenoxy) is 3. The first-order valence-electron chi connectivity index (χ1n) is 7.39. The van der Waals surface area contributed by atoms with Gasteiger partial charge in [-0.1, -0.05) is 11.3 Å². The summed E-state index contributed by atoms with van der Waals surface area (Å²) in [4.78, 5) is 27.8. The van der Waals surface area contributed by atoms with Crippen LogP contribution >= 0.6 is 23.1 Å². The molecule has 1 aromatic carbocycles. The zero-order chi connectivity index (χ0) is 19.3. The normalized spacial score (nSPS) is 10.3. The van der Waals surface area contributed by atoms with Crippen LogP contribution in [0.5, 0.6) is 17.2 Å². The lowest BCUT2D eigenvalue weighted by molar-refractivity contribution is -0.120. The Bertz CT molecular complexity index is 797. The van der Waals surface area contributed by atoms with Gasteiger partial charge in [-0.25, -0.2) is 4.98 Å². The molecule has 2 amide bonds. The van der Waals surface area contributed by atoms with Crippen LogP contribution in [-0.4, -0.2) is 43.9 Å². The summed E-state index contributed by atoms with van der Waals surface area (Å²) in [6.07, 6.45) is 1.95. The summed E-state index contributed by atoms with van der Waals surface area (Å²) in [6, 6.07) is 2.98. The third-order valence-electron chi connectivity index (χ3n) is 3.24. The van der Waals surface area contributed by atoms with E-state index in [1.807, 2.05) is 13.2 Å². The summed E-state index contributed by atoms with van der Waals surface area (Å²) in [6.45, 7) is 1.54. The van der Waals surface area contributed by atoms with Crippen LogP contribution in [0.2, 0.25) is 0 Å². The molecule has 1 aromatic heterocycles. The number of hydrogen-bond donors (Lipinski definition) is 2. The predicted molar refractivity (Wildman–Crippen MR) is 101 cm³/mol. The minimum absolute atomic E-state index is 0.195. The van der Waals surface area contributed by atoms with Crippen LogP contribution in [0.1, 0.15) is 16.1 Å². The van der Waals surface area contributed by atoms with E-state index in [1.54, 1.807) is 11.8 Å². The summed E-state index contributed by atoms with van der Waals surface area (Å²) in [5, 5.41) is 3.26. The van der Waals surface area contributed by atoms with Crippen LogP contribution in [0, 0.1) is 6.92 Å². The highest BCUT2D eigenvalue weighted by atomic mass is 32.2. The van der Waals surface area contributed by atoms with Crippen molar-refractivity contribution in [3.8, 4) is 17.2 Å². The van der Waals surface area contributed by atoms with Crippen molar-refractivity contribution < 1.29 is 23.8 Å². The number of carbonyl (C=O) groups excluding carboxylic acids is 2. The van der Waals surface area contributed by atoms with E-state index in [9.17, 15) is 9.59 Å². The Balaban J connectivity index is 2.30. The molecule has 10 heteroatoms. The van der Waals surface area contributed by atoms with Crippen LogP contribution in [0.15, 0.2) is 16.3 Å². The van der Waals surface area contributed by atoms with Crippen LogP contribution < -0.4 is 25.3 Å². The first-order chi connectivity index (χ1) is 12.4. The minimum atomic E-state index is -0.639. The standard InChI is InChI=1S/C16H19N3O5S2/c1-8-15(25-4)26-16(18-8)19-14(21)9-5-10(22-2)13(11(6-9)23-3)24-7-12(17)20/h5-6H,7H2,1-4H3,(H2,17,20)(H,18,19,21). The van der Waals surface area contributed by atoms with Gasteiger partial charge < -0.3 is 19.9 Å². The molecule has 3 N–H and O–H groups in total. The lowest BCUT2D eigenvalue weighted by atomic mass is 10.1. The number of aryl methyl sites for hydroxylation is 1. The second-order valence-corrected chi connectivity index (χ2v) is 7.09. The van der Waals surface area contributed by atoms with Crippen molar-refractivity contribution in [2.45, 2.75) is 11.1 Å². The smallest absolute Gasteiger partial charge is 0.257 e. The van der Waals surface area contributed by atoms with Gasteiger partial charge in [0, 0.05) is 5.56 Å². The molecule has 0 saturated heterocycles. The highest BCUT2D eigenvalue weighted by Crippen LogP contribution is 2.39. The summed E-state index contributed by atoms with van der Waals surface area (Å²) >= 11 is 2.97. The number of thiazole rings is 1. The fourth-order valence-corrected chi connectivity index (χ4v) is 3.70. The molecular formula is C16H19N3O5S2. The SMILES string of the molecule is COc1cc(C(=O)Nc2nc(C)c(SC)s2)cc(OC)c1OCC(N)=O. The molecule has 0 radical (unpaired) electrons. The van der Waals surface area contributed by atoms with Gasteiger partial charge in [-0.3, -0.25) is 14.9 Å². The van der Waals surface area contributed by atoms with Crippen LogP contribution in [0.25, 0.3) is 0 Å². The second-order valence-electron chi connectivity index (χ2n) is 5.02. The maximum atomic E-state index is 12.6. The van der Waals surface area contributed by atoms with Gasteiger partial charge in [0.2, 0.25) is 5.75 Å². The van der Waals surface area contributed by atoms with Crippen LogP contribution in [0.3, 0.4) is 0 Å². The number of nitrogens with zero attached hydrogens (tertiary/aromatic N) is 1. The Morgan fingerprint density at radius 2 is 1.88 bits per heavy atom. The van der Waals surface area contributed by atoms with Crippen molar-refractivity contribution in [1.82, 2.24) is 4.98 Å². The average molecular weight is 397 g/mol. The number of thioether (sulfide) groups is 1. The largest absolute Gasteiger partial charge is 0.493 e. The third kappa shape index (κ3) is 4.58. The topological polar surface area (TPSA) is 113 Å². The average Bonchev–Trinajstić information content (AvgIpc) is 2.98. The van der Waals surface area contributed by atoms with Gasteiger partial charge in [-0.05, 0) is 25.3 Å². The Kier molecular flexibility index (Phi) is 6.70. The summed E-state index contributed by atoms with van der Waals surface area (Å²) in [7, 11) is 2.84. The molecule has 0 aliphatic heterocycles. The predicted octanol–water partition coefficient (Wildman–Crippen LogP) is 2.31. The van der Waals surface area contributed by atoms with Gasteiger partial charge in [0.25, 0.3) is 11.8 Å². The van der Waals surface area contributed by atoms with E-state index >= 15 is 0 Å². The fourth-order valence-electron chi connectivity index (χ4n) is 2.09. The Hall–Kier alpha value is -2.46. The molecule has 1 heterocycles. The molecule has 0 bridgehead atoms. The van der Waals surface area contributed by atoms with E-state index in [1.165, 1.54) is 37.7 Å². The van der Waals surface area contributed by atoms with Gasteiger partial charge >= 0.3 is 0 Å². The quantitative estimate of drug-likeness (QED) is 0.657. The van der Waals surface area contributed by atoms with E-state index in [0.717, 1.165) is 9.90 Å². The monoisotopic (exact) mass is 397 g/mol. The maximum Gasteiger partial charge on any atom is 0.257 e. The number of carbonyl (C=O) groups is 2. The van der Waals surface area contributed by atoms with Crippen molar-refractivity contribution in [2.75, 3.05) is 32.4 Å². The molecule has 0 unspecified atom stereocenters. The molecule has 0 spiro atoms. The molecule has 2 rings (SSSR count). The number of nitrogens with two attached hydrogens (primary N) is 1. The van der Waals surface area contributed by atoms with Gasteiger partial charge in [0.05, 0.1) is 24.1 Å². The van der Waals surface area contributed by atoms with Crippen LogP contribution in [-0.2, 0) is 4.79 Å². The van der Waals surface area contributed by atoms with E-state index < -0.39 is 5.91 Å². The van der Waals surface area contributed by atoms with Crippen molar-refractivity contribution in [3.63, 3.8) is 0 Å². The summed E-state index contributed by atoms with van der Waals surface area (Å²) in [5.74, 6) is -0.323. The number of amides is 2. The first kappa shape index (κ1) is 19.9. The Morgan fingerprint density at radius 3 is 2.35 bits per heavy atom. The number of hydrogen-bond acceptors (Lipinski definition) is 8. The molecule has 0 atom stereocenters. The molecule has 0 saturated carbocycles. The zero-order valence-corrected chi connectivity index (χ0v) is 16.4. The molecule has 8 nitrogen and oxygen atoms in total. The van der Waals surface area contributed by atoms with E-state index in [2.05, 4.69) is 10.3 Å². The van der Waals surface area contributed by atoms with Crippen molar-refractivity contribution in [3.05, 3.63) is 23.4 Å². The highest BCUT2D eigenvalue weighted by Gasteiger charge is 2.19. The zero-order valence-electron chi connectivity index (χ0n) is 14.7. The minimum Gasteiger partial charge on any atom is -0.493 e. The third-order valence-corrected chi connectivity index (χ3v) is 5.53. The molecule has 2 aromatic rings. The Morgan fingerprint density at radius 1 is 1.27 bits per heavy atom. The number of rotatable bonds is 8. The van der Waals surface area contributed by atoms with Gasteiger partial charge in [-0.2, -0.15) is 0 Å². The van der Waals surface area contributed by atoms with Gasteiger partial charge in [-0.15, -0.1) is 11.8 Å². The fraction of sp³-hybridized carbons (Fsp3) is 0.312. The van der Waals surface area contributed by atoms with Crippen molar-refractivity contribution >= 4 is 40.0 Å². The summed E-state index contributed by atoms with van der Waals surface area (Å²) in [5.41, 5.74) is 6.25. The van der Waals surface area contributed by atoms with E-state index in [-0.39, 0.29) is 29.8 Å². The van der Waals surface area contributed by atoms with E-state index in [4.69, 9.17) is 19.9 Å². The lowest BCUT2D eigenvalue weighted by Crippen LogP contribution is -2.20.